The number of nitrogens with zero attached hydrogens (tertiary/aromatic N) is 2. The van der Waals surface area contributed by atoms with Gasteiger partial charge in [-0.25, -0.2) is 18.2 Å². The Morgan fingerprint density at radius 1 is 1.13 bits per heavy atom. The summed E-state index contributed by atoms with van der Waals surface area (Å²) in [6.07, 6.45) is 3.74. The monoisotopic (exact) mass is 553 g/mol. The van der Waals surface area contributed by atoms with Crippen LogP contribution in [0.5, 0.6) is 5.75 Å². The number of aromatic nitrogens is 2. The fourth-order valence-electron chi connectivity index (χ4n) is 4.09. The molecule has 198 valence electrons. The molecule has 0 spiro atoms. The number of halogens is 1. The molecule has 3 aromatic carbocycles. The molecule has 0 saturated carbocycles. The van der Waals surface area contributed by atoms with E-state index in [1.54, 1.807) is 30.3 Å². The van der Waals surface area contributed by atoms with Gasteiger partial charge in [-0.05, 0) is 48.4 Å². The lowest BCUT2D eigenvalue weighted by Gasteiger charge is -2.16. The van der Waals surface area contributed by atoms with Crippen molar-refractivity contribution in [2.75, 3.05) is 6.26 Å². The van der Waals surface area contributed by atoms with E-state index < -0.39 is 15.8 Å². The lowest BCUT2D eigenvalue weighted by molar-refractivity contribution is 0.0697. The van der Waals surface area contributed by atoms with Crippen LogP contribution in [0.3, 0.4) is 0 Å². The molecule has 0 saturated heterocycles. The molecule has 1 aromatic heterocycles. The summed E-state index contributed by atoms with van der Waals surface area (Å²) in [6, 6.07) is 16.9. The van der Waals surface area contributed by atoms with Crippen LogP contribution in [-0.2, 0) is 29.4 Å². The zero-order valence-corrected chi connectivity index (χ0v) is 22.6. The molecule has 0 atom stereocenters. The van der Waals surface area contributed by atoms with Crippen molar-refractivity contribution >= 4 is 38.3 Å². The summed E-state index contributed by atoms with van der Waals surface area (Å²) < 4.78 is 31.8. The Balaban J connectivity index is 1.60. The highest BCUT2D eigenvalue weighted by Gasteiger charge is 2.15. The van der Waals surface area contributed by atoms with E-state index >= 15 is 0 Å². The molecular formula is C28H28ClN3O5S. The molecule has 0 aliphatic heterocycles. The topological polar surface area (TPSA) is 122 Å². The molecule has 10 heteroatoms. The number of rotatable bonds is 10. The van der Waals surface area contributed by atoms with Crippen molar-refractivity contribution in [2.45, 2.75) is 44.2 Å². The highest BCUT2D eigenvalue weighted by molar-refractivity contribution is 7.90. The number of sulfone groups is 1. The minimum absolute atomic E-state index is 0.0258. The van der Waals surface area contributed by atoms with Gasteiger partial charge in [0.05, 0.1) is 27.5 Å². The van der Waals surface area contributed by atoms with Gasteiger partial charge in [0.1, 0.15) is 23.7 Å². The second-order valence-electron chi connectivity index (χ2n) is 9.03. The number of carboxylic acids is 1. The molecule has 1 heterocycles. The maximum absolute atomic E-state index is 12.1. The lowest BCUT2D eigenvalue weighted by Crippen LogP contribution is -2.26. The molecule has 0 bridgehead atoms. The number of nitrogens with one attached hydrogen (secondary N) is 1. The number of hydrogen-bond donors (Lipinski definition) is 2. The average molecular weight is 554 g/mol. The molecule has 0 fully saturated rings. The minimum atomic E-state index is -3.42. The Hall–Kier alpha value is -3.69. The molecule has 4 rings (SSSR count). The van der Waals surface area contributed by atoms with Gasteiger partial charge < -0.3 is 14.4 Å². The first-order valence-electron chi connectivity index (χ1n) is 12.1. The normalized spacial score (nSPS) is 11.6. The van der Waals surface area contributed by atoms with Gasteiger partial charge in [-0.2, -0.15) is 0 Å². The minimum Gasteiger partial charge on any atom is -0.489 e. The van der Waals surface area contributed by atoms with Crippen LogP contribution in [0.4, 0.5) is 0 Å². The largest absolute Gasteiger partial charge is 0.489 e. The zero-order valence-electron chi connectivity index (χ0n) is 21.1. The molecule has 0 aliphatic carbocycles. The third kappa shape index (κ3) is 6.06. The van der Waals surface area contributed by atoms with Crippen LogP contribution < -0.4 is 10.2 Å². The number of fused-ring (bicyclic) bond motifs is 1. The number of hydrogen-bond acceptors (Lipinski definition) is 6. The molecule has 0 amide bonds. The molecule has 8 nitrogen and oxygen atoms in total. The fraction of sp³-hybridized carbons (Fsp3) is 0.250. The van der Waals surface area contributed by atoms with Crippen molar-refractivity contribution in [1.82, 2.24) is 9.55 Å². The average Bonchev–Trinajstić information content (AvgIpc) is 2.88. The highest BCUT2D eigenvalue weighted by atomic mass is 35.5. The van der Waals surface area contributed by atoms with Crippen LogP contribution in [0.1, 0.15) is 47.1 Å². The van der Waals surface area contributed by atoms with Gasteiger partial charge in [0.2, 0.25) is 0 Å². The molecule has 4 aromatic rings. The Morgan fingerprint density at radius 3 is 2.53 bits per heavy atom. The fourth-order valence-corrected chi connectivity index (χ4v) is 5.00. The van der Waals surface area contributed by atoms with E-state index in [4.69, 9.17) is 26.7 Å². The van der Waals surface area contributed by atoms with Crippen LogP contribution in [0.25, 0.3) is 10.9 Å². The summed E-state index contributed by atoms with van der Waals surface area (Å²) >= 11 is 6.21. The van der Waals surface area contributed by atoms with E-state index in [9.17, 15) is 18.3 Å². The van der Waals surface area contributed by atoms with Crippen molar-refractivity contribution in [3.05, 3.63) is 93.7 Å². The van der Waals surface area contributed by atoms with E-state index in [0.717, 1.165) is 30.5 Å². The van der Waals surface area contributed by atoms with Gasteiger partial charge >= 0.3 is 5.97 Å². The maximum Gasteiger partial charge on any atom is 0.337 e. The highest BCUT2D eigenvalue weighted by Crippen LogP contribution is 2.24. The molecule has 0 radical (unpaired) electrons. The van der Waals surface area contributed by atoms with Crippen LogP contribution in [0, 0.1) is 5.41 Å². The quantitative estimate of drug-likeness (QED) is 0.277. The van der Waals surface area contributed by atoms with Crippen LogP contribution in [-0.4, -0.2) is 35.3 Å². The number of carbonyl (C=O) groups is 1. The van der Waals surface area contributed by atoms with E-state index in [-0.39, 0.29) is 27.6 Å². The Bertz CT molecular complexity index is 1660. The van der Waals surface area contributed by atoms with E-state index in [1.165, 1.54) is 18.2 Å². The second kappa shape index (κ2) is 11.4. The van der Waals surface area contributed by atoms with Crippen molar-refractivity contribution in [3.63, 3.8) is 0 Å². The smallest absolute Gasteiger partial charge is 0.337 e. The number of unbranched alkanes of at least 4 members (excludes halogenated alkanes) is 1. The van der Waals surface area contributed by atoms with Crippen LogP contribution >= 0.6 is 11.6 Å². The van der Waals surface area contributed by atoms with Crippen molar-refractivity contribution < 1.29 is 23.1 Å². The maximum atomic E-state index is 12.1. The van der Waals surface area contributed by atoms with Gasteiger partial charge in [0, 0.05) is 23.6 Å². The van der Waals surface area contributed by atoms with E-state index in [2.05, 4.69) is 6.92 Å². The predicted molar refractivity (Wildman–Crippen MR) is 146 cm³/mol. The molecule has 38 heavy (non-hydrogen) atoms. The molecule has 0 aliphatic rings. The van der Waals surface area contributed by atoms with Crippen LogP contribution in [0.15, 0.2) is 65.6 Å². The Labute approximate surface area is 225 Å². The Morgan fingerprint density at radius 2 is 1.87 bits per heavy atom. The predicted octanol–water partition coefficient (Wildman–Crippen LogP) is 5.24. The summed E-state index contributed by atoms with van der Waals surface area (Å²) in [6.45, 7) is 2.59. The van der Waals surface area contributed by atoms with Crippen molar-refractivity contribution in [1.29, 1.82) is 5.41 Å². The first-order valence-corrected chi connectivity index (χ1v) is 14.4. The zero-order chi connectivity index (χ0) is 27.4. The van der Waals surface area contributed by atoms with Crippen molar-refractivity contribution in [2.24, 2.45) is 0 Å². The van der Waals surface area contributed by atoms with Crippen LogP contribution in [0.2, 0.25) is 5.02 Å². The Kier molecular flexibility index (Phi) is 8.18. The summed E-state index contributed by atoms with van der Waals surface area (Å²) in [5.74, 6) is 0.258. The second-order valence-corrected chi connectivity index (χ2v) is 11.4. The number of aryl methyl sites for hydroxylation is 1. The number of aromatic carboxylic acids is 1. The van der Waals surface area contributed by atoms with E-state index in [0.29, 0.717) is 35.2 Å². The number of carboxylic acid groups (broad SMARTS) is 1. The summed E-state index contributed by atoms with van der Waals surface area (Å²) in [5, 5.41) is 18.8. The summed E-state index contributed by atoms with van der Waals surface area (Å²) in [7, 11) is -3.42. The van der Waals surface area contributed by atoms with Gasteiger partial charge in [-0.3, -0.25) is 5.41 Å². The van der Waals surface area contributed by atoms with Gasteiger partial charge in [-0.1, -0.05) is 49.2 Å². The van der Waals surface area contributed by atoms with Gasteiger partial charge in [0.25, 0.3) is 0 Å². The first-order chi connectivity index (χ1) is 18.1. The third-order valence-electron chi connectivity index (χ3n) is 6.20. The molecule has 2 N–H and O–H groups in total. The number of ether oxygens (including phenoxy) is 1. The lowest BCUT2D eigenvalue weighted by atomic mass is 10.1. The first kappa shape index (κ1) is 27.3. The van der Waals surface area contributed by atoms with E-state index in [1.807, 2.05) is 16.7 Å². The summed E-state index contributed by atoms with van der Waals surface area (Å²) in [5.41, 5.74) is 2.32. The molecular weight excluding hydrogens is 526 g/mol. The molecule has 0 unspecified atom stereocenters. The van der Waals surface area contributed by atoms with Gasteiger partial charge in [0.15, 0.2) is 9.84 Å². The number of benzene rings is 3. The third-order valence-corrected chi connectivity index (χ3v) is 7.76. The van der Waals surface area contributed by atoms with Crippen molar-refractivity contribution in [3.8, 4) is 5.75 Å². The SMILES string of the molecule is CCCCc1nc2ccc(S(C)(=O)=O)cc2c(=N)n1Cc1ccc(OCc2cccc(C(=O)O)c2Cl)cc1. The van der Waals surface area contributed by atoms with Gasteiger partial charge in [-0.15, -0.1) is 0 Å². The standard InChI is InChI=1S/C28H28ClN3O5S/c1-3-4-8-25-31-24-14-13-21(38(2,35)36)15-23(24)27(30)32(25)16-18-9-11-20(12-10-18)37-17-19-6-5-7-22(26(19)29)28(33)34/h5-7,9-15,30H,3-4,8,16-17H2,1-2H3,(H,33,34). The summed E-state index contributed by atoms with van der Waals surface area (Å²) in [4.78, 5) is 16.2.